The van der Waals surface area contributed by atoms with Crippen LogP contribution in [0.5, 0.6) is 0 Å². The fraction of sp³-hybridized carbons (Fsp3) is 0. The molecule has 0 spiro atoms. The lowest BCUT2D eigenvalue weighted by molar-refractivity contribution is 1.12. The maximum Gasteiger partial charge on any atom is 0.132 e. The molecule has 12 heavy (non-hydrogen) atoms. The molecule has 0 aliphatic heterocycles. The van der Waals surface area contributed by atoms with Gasteiger partial charge in [-0.15, -0.1) is 0 Å². The second-order valence-corrected chi connectivity index (χ2v) is 2.88. The Labute approximate surface area is 73.5 Å². The molecule has 0 radical (unpaired) electrons. The van der Waals surface area contributed by atoms with Crippen molar-refractivity contribution in [3.63, 3.8) is 0 Å². The van der Waals surface area contributed by atoms with Crippen LogP contribution < -0.4 is 11.5 Å². The van der Waals surface area contributed by atoms with Gasteiger partial charge in [0.25, 0.3) is 0 Å². The molecule has 1 heterocycles. The van der Waals surface area contributed by atoms with E-state index in [9.17, 15) is 0 Å². The lowest BCUT2D eigenvalue weighted by Gasteiger charge is -1.98. The Morgan fingerprint density at radius 1 is 1.33 bits per heavy atom. The number of nitrogens with two attached hydrogens (primary N) is 2. The Balaban J connectivity index is 2.93. The van der Waals surface area contributed by atoms with Gasteiger partial charge >= 0.3 is 0 Å². The molecule has 1 aromatic carbocycles. The summed E-state index contributed by atoms with van der Waals surface area (Å²) >= 11 is 5.78. The minimum Gasteiger partial charge on any atom is -0.397 e. The average molecular weight is 183 g/mol. The zero-order valence-electron chi connectivity index (χ0n) is 6.13. The number of fused-ring (bicyclic) bond motifs is 1. The zero-order valence-corrected chi connectivity index (χ0v) is 6.89. The minimum absolute atomic E-state index is 0.468. The maximum absolute atomic E-state index is 5.78. The van der Waals surface area contributed by atoms with Gasteiger partial charge in [0.15, 0.2) is 0 Å². The van der Waals surface area contributed by atoms with E-state index in [1.165, 1.54) is 0 Å². The number of hydrogen-bond donors (Lipinski definition) is 3. The van der Waals surface area contributed by atoms with Gasteiger partial charge in [0.05, 0.1) is 11.4 Å². The number of rotatable bonds is 0. The first kappa shape index (κ1) is 7.24. The van der Waals surface area contributed by atoms with Crippen molar-refractivity contribution in [2.75, 3.05) is 11.5 Å². The van der Waals surface area contributed by atoms with Crippen molar-refractivity contribution < 1.29 is 0 Å². The van der Waals surface area contributed by atoms with E-state index in [1.807, 2.05) is 0 Å². The van der Waals surface area contributed by atoms with Crippen LogP contribution >= 0.6 is 11.6 Å². The maximum atomic E-state index is 5.78. The Morgan fingerprint density at radius 2 is 2.08 bits per heavy atom. The van der Waals surface area contributed by atoms with Gasteiger partial charge in [0.2, 0.25) is 0 Å². The summed E-state index contributed by atoms with van der Waals surface area (Å²) in [5.74, 6) is 0. The van der Waals surface area contributed by atoms with Gasteiger partial charge in [-0.1, -0.05) is 11.6 Å². The van der Waals surface area contributed by atoms with Crippen molar-refractivity contribution in [3.05, 3.63) is 17.3 Å². The number of nitrogens with zero attached hydrogens (tertiary/aromatic N) is 1. The SMILES string of the molecule is Nc1ccc2c(Cl)[nH]nc2c1N. The van der Waals surface area contributed by atoms with E-state index in [4.69, 9.17) is 23.1 Å². The molecule has 0 bridgehead atoms. The summed E-state index contributed by atoms with van der Waals surface area (Å²) in [6.07, 6.45) is 0. The quantitative estimate of drug-likeness (QED) is 0.539. The number of halogens is 1. The fourth-order valence-electron chi connectivity index (χ4n) is 1.09. The van der Waals surface area contributed by atoms with Crippen LogP contribution in [-0.4, -0.2) is 10.2 Å². The monoisotopic (exact) mass is 182 g/mol. The molecule has 0 fully saturated rings. The molecule has 0 saturated heterocycles. The summed E-state index contributed by atoms with van der Waals surface area (Å²) in [7, 11) is 0. The van der Waals surface area contributed by atoms with Crippen LogP contribution in [0.15, 0.2) is 12.1 Å². The Hall–Kier alpha value is -1.42. The molecule has 0 amide bonds. The molecular weight excluding hydrogens is 176 g/mol. The first-order valence-corrected chi connectivity index (χ1v) is 3.75. The predicted octanol–water partition coefficient (Wildman–Crippen LogP) is 1.38. The van der Waals surface area contributed by atoms with Crippen molar-refractivity contribution in [1.82, 2.24) is 10.2 Å². The van der Waals surface area contributed by atoms with E-state index in [1.54, 1.807) is 12.1 Å². The van der Waals surface area contributed by atoms with Gasteiger partial charge in [0.1, 0.15) is 10.7 Å². The largest absolute Gasteiger partial charge is 0.397 e. The van der Waals surface area contributed by atoms with Gasteiger partial charge in [-0.2, -0.15) is 5.10 Å². The first-order chi connectivity index (χ1) is 5.70. The van der Waals surface area contributed by atoms with Crippen LogP contribution in [0.3, 0.4) is 0 Å². The number of benzene rings is 1. The number of nitrogen functional groups attached to an aromatic ring is 2. The van der Waals surface area contributed by atoms with Gasteiger partial charge in [-0.05, 0) is 12.1 Å². The van der Waals surface area contributed by atoms with Crippen LogP contribution in [0, 0.1) is 0 Å². The highest BCUT2D eigenvalue weighted by atomic mass is 35.5. The number of hydrogen-bond acceptors (Lipinski definition) is 3. The zero-order chi connectivity index (χ0) is 8.72. The van der Waals surface area contributed by atoms with E-state index in [0.29, 0.717) is 22.0 Å². The fourth-order valence-corrected chi connectivity index (χ4v) is 1.28. The number of nitrogens with one attached hydrogen (secondary N) is 1. The smallest absolute Gasteiger partial charge is 0.132 e. The molecule has 0 saturated carbocycles. The Morgan fingerprint density at radius 3 is 2.83 bits per heavy atom. The van der Waals surface area contributed by atoms with Gasteiger partial charge in [0, 0.05) is 5.39 Å². The third-order valence-electron chi connectivity index (χ3n) is 1.75. The Bertz CT molecular complexity index is 434. The third-order valence-corrected chi connectivity index (χ3v) is 2.04. The summed E-state index contributed by atoms with van der Waals surface area (Å²) in [6, 6.07) is 3.49. The highest BCUT2D eigenvalue weighted by Gasteiger charge is 2.07. The second kappa shape index (κ2) is 2.28. The molecule has 2 aromatic rings. The van der Waals surface area contributed by atoms with Crippen molar-refractivity contribution >= 4 is 33.9 Å². The number of H-pyrrole nitrogens is 1. The third kappa shape index (κ3) is 0.816. The van der Waals surface area contributed by atoms with E-state index in [0.717, 1.165) is 5.39 Å². The van der Waals surface area contributed by atoms with Crippen molar-refractivity contribution in [1.29, 1.82) is 0 Å². The first-order valence-electron chi connectivity index (χ1n) is 3.37. The summed E-state index contributed by atoms with van der Waals surface area (Å²) in [5, 5.41) is 7.82. The standard InChI is InChI=1S/C7H7ClN4/c8-7-3-1-2-4(9)5(10)6(3)11-12-7/h1-2H,9-10H2,(H,11,12). The normalized spacial score (nSPS) is 10.8. The molecule has 0 unspecified atom stereocenters. The summed E-state index contributed by atoms with van der Waals surface area (Å²) in [6.45, 7) is 0. The number of anilines is 2. The van der Waals surface area contributed by atoms with Gasteiger partial charge in [-0.25, -0.2) is 0 Å². The lowest BCUT2D eigenvalue weighted by Crippen LogP contribution is -1.94. The number of aromatic amines is 1. The molecule has 4 nitrogen and oxygen atoms in total. The van der Waals surface area contributed by atoms with Gasteiger partial charge in [-0.3, -0.25) is 5.10 Å². The average Bonchev–Trinajstić information content (AvgIpc) is 2.41. The molecule has 0 atom stereocenters. The van der Waals surface area contributed by atoms with Crippen LogP contribution in [0.1, 0.15) is 0 Å². The predicted molar refractivity (Wildman–Crippen MR) is 49.9 cm³/mol. The van der Waals surface area contributed by atoms with Gasteiger partial charge < -0.3 is 11.5 Å². The van der Waals surface area contributed by atoms with Crippen LogP contribution in [0.2, 0.25) is 5.15 Å². The summed E-state index contributed by atoms with van der Waals surface area (Å²) in [4.78, 5) is 0. The molecule has 5 N–H and O–H groups in total. The molecule has 0 aliphatic rings. The van der Waals surface area contributed by atoms with Crippen molar-refractivity contribution in [2.45, 2.75) is 0 Å². The molecule has 1 aromatic heterocycles. The number of aromatic nitrogens is 2. The Kier molecular flexibility index (Phi) is 1.38. The molecule has 62 valence electrons. The van der Waals surface area contributed by atoms with E-state index in [-0.39, 0.29) is 0 Å². The van der Waals surface area contributed by atoms with Crippen LogP contribution in [-0.2, 0) is 0 Å². The molecule has 2 rings (SSSR count). The minimum atomic E-state index is 0.468. The molecule has 5 heteroatoms. The highest BCUT2D eigenvalue weighted by molar-refractivity contribution is 6.34. The molecular formula is C7H7ClN4. The molecule has 0 aliphatic carbocycles. The van der Waals surface area contributed by atoms with Crippen LogP contribution in [0.25, 0.3) is 10.9 Å². The second-order valence-electron chi connectivity index (χ2n) is 2.50. The summed E-state index contributed by atoms with van der Waals surface area (Å²) in [5.41, 5.74) is 12.9. The van der Waals surface area contributed by atoms with E-state index >= 15 is 0 Å². The van der Waals surface area contributed by atoms with Crippen LogP contribution in [0.4, 0.5) is 11.4 Å². The lowest BCUT2D eigenvalue weighted by atomic mass is 10.2. The van der Waals surface area contributed by atoms with Crippen molar-refractivity contribution in [3.8, 4) is 0 Å². The van der Waals surface area contributed by atoms with E-state index < -0.39 is 0 Å². The topological polar surface area (TPSA) is 80.7 Å². The van der Waals surface area contributed by atoms with Crippen molar-refractivity contribution in [2.24, 2.45) is 0 Å². The van der Waals surface area contributed by atoms with E-state index in [2.05, 4.69) is 10.2 Å². The highest BCUT2D eigenvalue weighted by Crippen LogP contribution is 2.28. The summed E-state index contributed by atoms with van der Waals surface area (Å²) < 4.78 is 0.